The van der Waals surface area contributed by atoms with E-state index in [2.05, 4.69) is 13.8 Å². The fourth-order valence-corrected chi connectivity index (χ4v) is 11.0. The number of carbonyl (C=O) groups is 4. The van der Waals surface area contributed by atoms with Gasteiger partial charge in [-0.1, -0.05) is 13.8 Å². The number of aliphatic hydroxyl groups is 1. The molecule has 6 aliphatic rings. The van der Waals surface area contributed by atoms with Gasteiger partial charge in [0.25, 0.3) is 0 Å². The molecule has 12 heteroatoms. The standard InChI is InChI=1S/C41H61FO11/c1-21-32(52-35(45)37(3,4)5)33(53-36(46)38(6,7)8)31(42)34(49-21)51-25-13-15-39(9)24(18-25)11-12-27-26(39)14-16-40(10)30(23-17-29(44)48-20-23)28(50-22(2)43)19-41(27,40)47/h17,21,24-28,30-34,47H,11-16,18-20H2,1-10H3/t21-,24?,25+,26-,27+,28-,30-,31-,32-,33-,34-,39-,40+,41+/m0/s1. The Morgan fingerprint density at radius 1 is 0.906 bits per heavy atom. The van der Waals surface area contributed by atoms with Gasteiger partial charge in [-0.2, -0.15) is 0 Å². The summed E-state index contributed by atoms with van der Waals surface area (Å²) in [6.45, 7) is 17.8. The van der Waals surface area contributed by atoms with Crippen LogP contribution < -0.4 is 0 Å². The van der Waals surface area contributed by atoms with Crippen LogP contribution in [0.25, 0.3) is 0 Å². The smallest absolute Gasteiger partial charge is 0.331 e. The van der Waals surface area contributed by atoms with Crippen molar-refractivity contribution in [2.75, 3.05) is 6.61 Å². The first-order valence-electron chi connectivity index (χ1n) is 19.6. The normalized spacial score (nSPS) is 44.1. The Hall–Kier alpha value is -2.57. The van der Waals surface area contributed by atoms with Crippen molar-refractivity contribution >= 4 is 23.9 Å². The van der Waals surface area contributed by atoms with Gasteiger partial charge in [0.05, 0.1) is 28.6 Å². The molecule has 0 aromatic carbocycles. The van der Waals surface area contributed by atoms with Gasteiger partial charge >= 0.3 is 23.9 Å². The first-order valence-corrected chi connectivity index (χ1v) is 19.6. The van der Waals surface area contributed by atoms with Gasteiger partial charge in [0.1, 0.15) is 12.7 Å². The van der Waals surface area contributed by atoms with Crippen molar-refractivity contribution in [3.05, 3.63) is 11.6 Å². The molecule has 0 spiro atoms. The van der Waals surface area contributed by atoms with Crippen LogP contribution in [0.5, 0.6) is 0 Å². The second kappa shape index (κ2) is 13.9. The molecular weight excluding hydrogens is 687 g/mol. The van der Waals surface area contributed by atoms with Crippen molar-refractivity contribution in [1.29, 1.82) is 0 Å². The van der Waals surface area contributed by atoms with E-state index < -0.39 is 82.6 Å². The number of ether oxygens (including phenoxy) is 6. The van der Waals surface area contributed by atoms with Crippen LogP contribution in [0.15, 0.2) is 11.6 Å². The van der Waals surface area contributed by atoms with Crippen molar-refractivity contribution < 1.29 is 57.1 Å². The zero-order valence-electron chi connectivity index (χ0n) is 33.2. The monoisotopic (exact) mass is 748 g/mol. The third kappa shape index (κ3) is 7.07. The molecule has 298 valence electrons. The predicted octanol–water partition coefficient (Wildman–Crippen LogP) is 6.17. The highest BCUT2D eigenvalue weighted by molar-refractivity contribution is 5.85. The van der Waals surface area contributed by atoms with Crippen LogP contribution in [0, 0.1) is 45.3 Å². The highest BCUT2D eigenvalue weighted by Gasteiger charge is 2.71. The van der Waals surface area contributed by atoms with Gasteiger partial charge in [0.15, 0.2) is 24.7 Å². The lowest BCUT2D eigenvalue weighted by Crippen LogP contribution is -2.63. The molecule has 6 rings (SSSR count). The first kappa shape index (κ1) is 40.1. The van der Waals surface area contributed by atoms with Crippen LogP contribution in [0.4, 0.5) is 4.39 Å². The summed E-state index contributed by atoms with van der Waals surface area (Å²) >= 11 is 0. The van der Waals surface area contributed by atoms with Crippen LogP contribution >= 0.6 is 0 Å². The van der Waals surface area contributed by atoms with E-state index in [1.807, 2.05) is 0 Å². The number of rotatable bonds is 6. The van der Waals surface area contributed by atoms with Crippen molar-refractivity contribution in [2.45, 2.75) is 169 Å². The number of carbonyl (C=O) groups excluding carboxylic acids is 4. The van der Waals surface area contributed by atoms with Crippen LogP contribution in [0.1, 0.15) is 121 Å². The van der Waals surface area contributed by atoms with E-state index in [1.165, 1.54) is 13.0 Å². The number of halogens is 1. The summed E-state index contributed by atoms with van der Waals surface area (Å²) in [4.78, 5) is 50.3. The zero-order valence-corrected chi connectivity index (χ0v) is 33.2. The number of hydrogen-bond donors (Lipinski definition) is 1. The lowest BCUT2D eigenvalue weighted by atomic mass is 9.43. The van der Waals surface area contributed by atoms with E-state index in [0.717, 1.165) is 31.3 Å². The highest BCUT2D eigenvalue weighted by Crippen LogP contribution is 2.70. The average molecular weight is 749 g/mol. The lowest BCUT2D eigenvalue weighted by Gasteiger charge is -2.63. The minimum Gasteiger partial charge on any atom is -0.462 e. The zero-order chi connectivity index (χ0) is 39.1. The van der Waals surface area contributed by atoms with Crippen LogP contribution in [0.2, 0.25) is 0 Å². The summed E-state index contributed by atoms with van der Waals surface area (Å²) in [7, 11) is 0. The number of cyclic esters (lactones) is 1. The average Bonchev–Trinajstić information content (AvgIpc) is 3.56. The van der Waals surface area contributed by atoms with E-state index in [1.54, 1.807) is 48.5 Å². The van der Waals surface area contributed by atoms with Gasteiger partial charge in [-0.25, -0.2) is 9.18 Å². The summed E-state index contributed by atoms with van der Waals surface area (Å²) in [5, 5.41) is 12.8. The van der Waals surface area contributed by atoms with E-state index >= 15 is 4.39 Å². The lowest BCUT2D eigenvalue weighted by molar-refractivity contribution is -0.303. The molecule has 53 heavy (non-hydrogen) atoms. The van der Waals surface area contributed by atoms with Crippen molar-refractivity contribution in [3.8, 4) is 0 Å². The van der Waals surface area contributed by atoms with Gasteiger partial charge in [0.2, 0.25) is 0 Å². The molecule has 0 amide bonds. The summed E-state index contributed by atoms with van der Waals surface area (Å²) in [6, 6.07) is 0. The summed E-state index contributed by atoms with van der Waals surface area (Å²) in [6.07, 6.45) is -0.184. The Balaban J connectivity index is 1.17. The Labute approximate surface area is 313 Å². The van der Waals surface area contributed by atoms with E-state index in [4.69, 9.17) is 28.4 Å². The van der Waals surface area contributed by atoms with Crippen molar-refractivity contribution in [1.82, 2.24) is 0 Å². The van der Waals surface area contributed by atoms with Gasteiger partial charge in [-0.3, -0.25) is 14.4 Å². The minimum atomic E-state index is -1.89. The minimum absolute atomic E-state index is 0.0228. The Bertz CT molecular complexity index is 1500. The van der Waals surface area contributed by atoms with E-state index in [9.17, 15) is 24.3 Å². The molecule has 5 fully saturated rings. The Morgan fingerprint density at radius 2 is 1.55 bits per heavy atom. The molecule has 0 radical (unpaired) electrons. The molecule has 1 saturated heterocycles. The molecule has 14 atom stereocenters. The molecule has 4 aliphatic carbocycles. The molecular formula is C41H61FO11. The third-order valence-electron chi connectivity index (χ3n) is 13.9. The topological polar surface area (TPSA) is 144 Å². The quantitative estimate of drug-likeness (QED) is 0.189. The maximum atomic E-state index is 16.5. The SMILES string of the molecule is CC(=O)O[C@H]1C[C@@]2(O)[C@@H]3CCC4C[C@H](O[C@@H]5O[C@@H](C)[C@H](OC(=O)C(C)(C)C)[C@@H](OC(=O)C(C)(C)C)[C@@H]5F)CC[C@]4(C)[C@H]3CC[C@]2(C)[C@H]1C1=CC(=O)OC1. The molecule has 2 aliphatic heterocycles. The fourth-order valence-electron chi connectivity index (χ4n) is 11.0. The van der Waals surface area contributed by atoms with Gasteiger partial charge < -0.3 is 33.5 Å². The van der Waals surface area contributed by atoms with Gasteiger partial charge in [0, 0.05) is 30.8 Å². The van der Waals surface area contributed by atoms with Crippen molar-refractivity contribution in [3.63, 3.8) is 0 Å². The van der Waals surface area contributed by atoms with Crippen LogP contribution in [-0.2, 0) is 47.6 Å². The highest BCUT2D eigenvalue weighted by atomic mass is 19.1. The van der Waals surface area contributed by atoms with Crippen LogP contribution in [-0.4, -0.2) is 84.2 Å². The Morgan fingerprint density at radius 3 is 2.13 bits per heavy atom. The molecule has 2 heterocycles. The largest absolute Gasteiger partial charge is 0.462 e. The van der Waals surface area contributed by atoms with E-state index in [-0.39, 0.29) is 41.8 Å². The second-order valence-electron chi connectivity index (χ2n) is 19.5. The molecule has 4 saturated carbocycles. The molecule has 1 N–H and O–H groups in total. The number of esters is 4. The number of fused-ring (bicyclic) bond motifs is 5. The van der Waals surface area contributed by atoms with Crippen molar-refractivity contribution in [2.24, 2.45) is 45.3 Å². The number of alkyl halides is 1. The molecule has 0 aromatic rings. The summed E-state index contributed by atoms with van der Waals surface area (Å²) in [5.41, 5.74) is -2.79. The first-order chi connectivity index (χ1) is 24.5. The molecule has 0 bridgehead atoms. The summed E-state index contributed by atoms with van der Waals surface area (Å²) in [5.74, 6) is -1.83. The van der Waals surface area contributed by atoms with E-state index in [0.29, 0.717) is 25.7 Å². The maximum Gasteiger partial charge on any atom is 0.331 e. The van der Waals surface area contributed by atoms with Crippen LogP contribution in [0.3, 0.4) is 0 Å². The molecule has 1 unspecified atom stereocenters. The molecule has 11 nitrogen and oxygen atoms in total. The maximum absolute atomic E-state index is 16.5. The predicted molar refractivity (Wildman–Crippen MR) is 189 cm³/mol. The van der Waals surface area contributed by atoms with Gasteiger partial charge in [-0.15, -0.1) is 0 Å². The number of hydrogen-bond acceptors (Lipinski definition) is 11. The van der Waals surface area contributed by atoms with Gasteiger partial charge in [-0.05, 0) is 122 Å². The second-order valence-corrected chi connectivity index (χ2v) is 19.5. The Kier molecular flexibility index (Phi) is 10.5. The molecule has 0 aromatic heterocycles. The third-order valence-corrected chi connectivity index (χ3v) is 13.9. The summed E-state index contributed by atoms with van der Waals surface area (Å²) < 4.78 is 51.6. The fraction of sp³-hybridized carbons (Fsp3) is 0.854.